The Kier molecular flexibility index (Phi) is 3.92. The van der Waals surface area contributed by atoms with E-state index in [9.17, 15) is 4.39 Å². The first-order chi connectivity index (χ1) is 8.16. The highest BCUT2D eigenvalue weighted by Crippen LogP contribution is 2.24. The van der Waals surface area contributed by atoms with Gasteiger partial charge in [0.05, 0.1) is 5.02 Å². The summed E-state index contributed by atoms with van der Waals surface area (Å²) in [7, 11) is 0. The van der Waals surface area contributed by atoms with Gasteiger partial charge < -0.3 is 4.74 Å². The molecule has 0 saturated carbocycles. The molecule has 0 atom stereocenters. The smallest absolute Gasteiger partial charge is 0.133 e. The average molecular weight is 269 g/mol. The molecule has 0 aliphatic rings. The fourth-order valence-electron chi connectivity index (χ4n) is 1.37. The molecular weight excluding hydrogens is 259 g/mol. The maximum absolute atomic E-state index is 12.8. The molecule has 0 aliphatic heterocycles. The molecule has 17 heavy (non-hydrogen) atoms. The second kappa shape index (κ2) is 5.43. The number of thiol groups is 1. The summed E-state index contributed by atoms with van der Waals surface area (Å²) in [6.07, 6.45) is 0. The second-order valence-corrected chi connectivity index (χ2v) is 4.38. The SMILES string of the molecule is Fc1ccc(COc2ccccc2S)c(Cl)c1. The lowest BCUT2D eigenvalue weighted by molar-refractivity contribution is 0.299. The van der Waals surface area contributed by atoms with Gasteiger partial charge in [0.25, 0.3) is 0 Å². The van der Waals surface area contributed by atoms with Crippen LogP contribution in [-0.4, -0.2) is 0 Å². The van der Waals surface area contributed by atoms with Crippen LogP contribution in [0.1, 0.15) is 5.56 Å². The molecule has 88 valence electrons. The normalized spacial score (nSPS) is 10.3. The van der Waals surface area contributed by atoms with Crippen LogP contribution < -0.4 is 4.74 Å². The first-order valence-corrected chi connectivity index (χ1v) is 5.84. The van der Waals surface area contributed by atoms with Gasteiger partial charge in [-0.3, -0.25) is 0 Å². The van der Waals surface area contributed by atoms with E-state index in [2.05, 4.69) is 12.6 Å². The van der Waals surface area contributed by atoms with Crippen molar-refractivity contribution in [1.29, 1.82) is 0 Å². The number of benzene rings is 2. The van der Waals surface area contributed by atoms with Crippen LogP contribution in [0.4, 0.5) is 4.39 Å². The van der Waals surface area contributed by atoms with E-state index >= 15 is 0 Å². The molecule has 0 bridgehead atoms. The Bertz CT molecular complexity index is 531. The van der Waals surface area contributed by atoms with Crippen molar-refractivity contribution >= 4 is 24.2 Å². The van der Waals surface area contributed by atoms with Crippen LogP contribution in [-0.2, 0) is 6.61 Å². The van der Waals surface area contributed by atoms with Crippen molar-refractivity contribution < 1.29 is 9.13 Å². The highest BCUT2D eigenvalue weighted by atomic mass is 35.5. The van der Waals surface area contributed by atoms with Crippen LogP contribution in [0.3, 0.4) is 0 Å². The van der Waals surface area contributed by atoms with Gasteiger partial charge in [0.1, 0.15) is 18.2 Å². The summed E-state index contributed by atoms with van der Waals surface area (Å²) in [5.41, 5.74) is 0.740. The molecule has 0 N–H and O–H groups in total. The number of halogens is 2. The molecule has 1 nitrogen and oxygen atoms in total. The van der Waals surface area contributed by atoms with Crippen LogP contribution in [0.25, 0.3) is 0 Å². The van der Waals surface area contributed by atoms with E-state index in [0.717, 1.165) is 10.5 Å². The maximum Gasteiger partial charge on any atom is 0.133 e. The molecule has 0 fully saturated rings. The minimum atomic E-state index is -0.353. The Balaban J connectivity index is 2.10. The molecule has 4 heteroatoms. The van der Waals surface area contributed by atoms with Crippen LogP contribution in [0.5, 0.6) is 5.75 Å². The van der Waals surface area contributed by atoms with Crippen LogP contribution in [0, 0.1) is 5.82 Å². The van der Waals surface area contributed by atoms with E-state index in [-0.39, 0.29) is 12.4 Å². The van der Waals surface area contributed by atoms with Crippen molar-refractivity contribution in [3.8, 4) is 5.75 Å². The van der Waals surface area contributed by atoms with Gasteiger partial charge in [-0.25, -0.2) is 4.39 Å². The zero-order valence-electron chi connectivity index (χ0n) is 8.86. The molecule has 0 radical (unpaired) electrons. The Morgan fingerprint density at radius 2 is 1.94 bits per heavy atom. The highest BCUT2D eigenvalue weighted by Gasteiger charge is 2.04. The number of rotatable bonds is 3. The topological polar surface area (TPSA) is 9.23 Å². The van der Waals surface area contributed by atoms with Gasteiger partial charge in [0, 0.05) is 10.5 Å². The molecule has 0 heterocycles. The van der Waals surface area contributed by atoms with Crippen LogP contribution in [0.15, 0.2) is 47.4 Å². The zero-order valence-corrected chi connectivity index (χ0v) is 10.5. The summed E-state index contributed by atoms with van der Waals surface area (Å²) >= 11 is 10.2. The van der Waals surface area contributed by atoms with Crippen molar-refractivity contribution in [2.24, 2.45) is 0 Å². The molecule has 2 aromatic rings. The van der Waals surface area contributed by atoms with Gasteiger partial charge in [-0.05, 0) is 24.3 Å². The van der Waals surface area contributed by atoms with Crippen molar-refractivity contribution in [3.63, 3.8) is 0 Å². The predicted octanol–water partition coefficient (Wildman–Crippen LogP) is 4.35. The van der Waals surface area contributed by atoms with Gasteiger partial charge in [-0.2, -0.15) is 0 Å². The number of ether oxygens (including phenoxy) is 1. The molecule has 0 saturated heterocycles. The molecule has 2 rings (SSSR count). The standard InChI is InChI=1S/C13H10ClFOS/c14-11-7-10(15)6-5-9(11)8-16-12-3-1-2-4-13(12)17/h1-7,17H,8H2. The van der Waals surface area contributed by atoms with Crippen LogP contribution >= 0.6 is 24.2 Å². The van der Waals surface area contributed by atoms with Crippen molar-refractivity contribution in [1.82, 2.24) is 0 Å². The summed E-state index contributed by atoms with van der Waals surface area (Å²) in [6, 6.07) is 11.6. The summed E-state index contributed by atoms with van der Waals surface area (Å²) in [5.74, 6) is 0.324. The van der Waals surface area contributed by atoms with Crippen molar-refractivity contribution in [2.45, 2.75) is 11.5 Å². The van der Waals surface area contributed by atoms with Gasteiger partial charge >= 0.3 is 0 Å². The lowest BCUT2D eigenvalue weighted by atomic mass is 10.2. The maximum atomic E-state index is 12.8. The summed E-state index contributed by atoms with van der Waals surface area (Å²) in [4.78, 5) is 0.755. The zero-order chi connectivity index (χ0) is 12.3. The van der Waals surface area contributed by atoms with Crippen LogP contribution in [0.2, 0.25) is 5.02 Å². The van der Waals surface area contributed by atoms with Crippen molar-refractivity contribution in [3.05, 3.63) is 58.9 Å². The second-order valence-electron chi connectivity index (χ2n) is 3.49. The fraction of sp³-hybridized carbons (Fsp3) is 0.0769. The van der Waals surface area contributed by atoms with E-state index in [1.54, 1.807) is 6.07 Å². The third-order valence-corrected chi connectivity index (χ3v) is 2.98. The van der Waals surface area contributed by atoms with Gasteiger partial charge in [-0.1, -0.05) is 29.8 Å². The summed E-state index contributed by atoms with van der Waals surface area (Å²) < 4.78 is 18.4. The van der Waals surface area contributed by atoms with E-state index < -0.39 is 0 Å². The largest absolute Gasteiger partial charge is 0.488 e. The Labute approximate surface area is 110 Å². The predicted molar refractivity (Wildman–Crippen MR) is 69.4 cm³/mol. The van der Waals surface area contributed by atoms with Gasteiger partial charge in [0.2, 0.25) is 0 Å². The van der Waals surface area contributed by atoms with Crippen molar-refractivity contribution in [2.75, 3.05) is 0 Å². The minimum Gasteiger partial charge on any atom is -0.488 e. The van der Waals surface area contributed by atoms with E-state index in [1.165, 1.54) is 12.1 Å². The number of para-hydroxylation sites is 1. The Morgan fingerprint density at radius 1 is 1.18 bits per heavy atom. The molecule has 0 aromatic heterocycles. The lowest BCUT2D eigenvalue weighted by Gasteiger charge is -2.09. The average Bonchev–Trinajstić information content (AvgIpc) is 2.30. The monoisotopic (exact) mass is 268 g/mol. The third-order valence-electron chi connectivity index (χ3n) is 2.26. The summed E-state index contributed by atoms with van der Waals surface area (Å²) in [6.45, 7) is 0.288. The first kappa shape index (κ1) is 12.3. The Morgan fingerprint density at radius 3 is 2.65 bits per heavy atom. The van der Waals surface area contributed by atoms with Gasteiger partial charge in [0.15, 0.2) is 0 Å². The van der Waals surface area contributed by atoms with E-state index in [0.29, 0.717) is 10.8 Å². The Hall–Kier alpha value is -1.19. The number of hydrogen-bond acceptors (Lipinski definition) is 2. The quantitative estimate of drug-likeness (QED) is 0.815. The third kappa shape index (κ3) is 3.14. The molecule has 0 aliphatic carbocycles. The first-order valence-electron chi connectivity index (χ1n) is 5.01. The molecular formula is C13H10ClFOS. The van der Waals surface area contributed by atoms with Gasteiger partial charge in [-0.15, -0.1) is 12.6 Å². The highest BCUT2D eigenvalue weighted by molar-refractivity contribution is 7.80. The summed E-state index contributed by atoms with van der Waals surface area (Å²) in [5, 5.41) is 0.363. The number of hydrogen-bond donors (Lipinski definition) is 1. The van der Waals surface area contributed by atoms with E-state index in [1.807, 2.05) is 24.3 Å². The molecule has 2 aromatic carbocycles. The minimum absolute atomic E-state index is 0.288. The lowest BCUT2D eigenvalue weighted by Crippen LogP contribution is -1.97. The van der Waals surface area contributed by atoms with E-state index in [4.69, 9.17) is 16.3 Å². The molecule has 0 spiro atoms. The molecule has 0 unspecified atom stereocenters. The molecule has 0 amide bonds. The fourth-order valence-corrected chi connectivity index (χ4v) is 1.82.